The van der Waals surface area contributed by atoms with Gasteiger partial charge in [-0.3, -0.25) is 4.79 Å². The van der Waals surface area contributed by atoms with E-state index in [1.165, 1.54) is 0 Å². The Morgan fingerprint density at radius 1 is 1.44 bits per heavy atom. The molecule has 4 nitrogen and oxygen atoms in total. The summed E-state index contributed by atoms with van der Waals surface area (Å²) < 4.78 is 9.46. The molecule has 6 heteroatoms. The van der Waals surface area contributed by atoms with Crippen molar-refractivity contribution < 1.29 is 19.4 Å². The monoisotopic (exact) mass is 312 g/mol. The van der Waals surface area contributed by atoms with Gasteiger partial charge in [0.25, 0.3) is 0 Å². The number of rotatable bonds is 9. The molecule has 0 radical (unpaired) electrons. The van der Waals surface area contributed by atoms with Crippen LogP contribution in [0.15, 0.2) is 0 Å². The van der Waals surface area contributed by atoms with Crippen LogP contribution in [0.2, 0.25) is 6.04 Å². The number of aliphatic carboxylic acids is 1. The molecule has 0 aromatic heterocycles. The van der Waals surface area contributed by atoms with E-state index in [2.05, 4.69) is 15.9 Å². The molecule has 1 unspecified atom stereocenters. The molecule has 0 aromatic carbocycles. The summed E-state index contributed by atoms with van der Waals surface area (Å²) in [5.41, 5.74) is 0. The molecular formula is C10H21BrO4Si. The largest absolute Gasteiger partial charge is 0.480 e. The van der Waals surface area contributed by atoms with Gasteiger partial charge in [-0.05, 0) is 13.3 Å². The van der Waals surface area contributed by atoms with Gasteiger partial charge in [0.05, 0.1) is 9.52 Å². The molecule has 96 valence electrons. The summed E-state index contributed by atoms with van der Waals surface area (Å²) in [5, 5.41) is 8.88. The van der Waals surface area contributed by atoms with Crippen LogP contribution in [-0.2, 0) is 14.3 Å². The lowest BCUT2D eigenvalue weighted by atomic mass is 10.1. The van der Waals surface area contributed by atoms with Crippen LogP contribution in [0, 0.1) is 0 Å². The maximum absolute atomic E-state index is 10.8. The summed E-state index contributed by atoms with van der Waals surface area (Å²) in [4.78, 5) is 10.8. The van der Waals surface area contributed by atoms with Crippen molar-refractivity contribution in [1.29, 1.82) is 0 Å². The zero-order valence-corrected chi connectivity index (χ0v) is 13.2. The van der Waals surface area contributed by atoms with Gasteiger partial charge in [0.2, 0.25) is 0 Å². The van der Waals surface area contributed by atoms with Crippen molar-refractivity contribution in [2.75, 3.05) is 14.2 Å². The number of methoxy groups -OCH3 is 2. The molecule has 1 atom stereocenters. The minimum Gasteiger partial charge on any atom is -0.480 e. The predicted octanol–water partition coefficient (Wildman–Crippen LogP) is 1.56. The highest BCUT2D eigenvalue weighted by Crippen LogP contribution is 2.24. The molecule has 0 spiro atoms. The van der Waals surface area contributed by atoms with Gasteiger partial charge in [-0.25, -0.2) is 0 Å². The topological polar surface area (TPSA) is 55.8 Å². The maximum atomic E-state index is 10.8. The van der Waals surface area contributed by atoms with E-state index in [1.807, 2.05) is 0 Å². The predicted molar refractivity (Wildman–Crippen MR) is 70.0 cm³/mol. The summed E-state index contributed by atoms with van der Waals surface area (Å²) in [7, 11) is 2.94. The lowest BCUT2D eigenvalue weighted by Gasteiger charge is -2.17. The molecule has 0 amide bonds. The zero-order valence-electron chi connectivity index (χ0n) is 10.2. The van der Waals surface area contributed by atoms with E-state index in [0.717, 1.165) is 18.9 Å². The fourth-order valence-electron chi connectivity index (χ4n) is 1.38. The Balaban J connectivity index is 3.57. The lowest BCUT2D eigenvalue weighted by molar-refractivity contribution is -0.139. The standard InChI is InChI=1S/C10H21BrO4Si/c1-10(11,8(12)13)6-4-5-7-16-9(14-2)15-3/h9H,4-7,16H2,1-3H3,(H,12,13). The van der Waals surface area contributed by atoms with Crippen LogP contribution >= 0.6 is 15.9 Å². The van der Waals surface area contributed by atoms with Gasteiger partial charge >= 0.3 is 5.97 Å². The van der Waals surface area contributed by atoms with Crippen LogP contribution in [0.5, 0.6) is 0 Å². The molecule has 0 aliphatic heterocycles. The van der Waals surface area contributed by atoms with E-state index >= 15 is 0 Å². The molecule has 0 aromatic rings. The van der Waals surface area contributed by atoms with Gasteiger partial charge in [0.15, 0.2) is 0 Å². The molecule has 0 saturated heterocycles. The molecule has 0 heterocycles. The van der Waals surface area contributed by atoms with E-state index in [0.29, 0.717) is 6.42 Å². The number of ether oxygens (including phenoxy) is 2. The quantitative estimate of drug-likeness (QED) is 0.304. The first kappa shape index (κ1) is 16.1. The van der Waals surface area contributed by atoms with Gasteiger partial charge in [-0.15, -0.1) is 0 Å². The highest BCUT2D eigenvalue weighted by Gasteiger charge is 2.28. The molecule has 0 rings (SSSR count). The van der Waals surface area contributed by atoms with Crippen molar-refractivity contribution in [3.8, 4) is 0 Å². The number of carbonyl (C=O) groups is 1. The average molecular weight is 313 g/mol. The first-order chi connectivity index (χ1) is 7.44. The van der Waals surface area contributed by atoms with E-state index in [1.54, 1.807) is 21.1 Å². The number of hydrogen-bond acceptors (Lipinski definition) is 3. The van der Waals surface area contributed by atoms with Crippen LogP contribution < -0.4 is 0 Å². The summed E-state index contributed by atoms with van der Waals surface area (Å²) in [5.74, 6) is -0.800. The highest BCUT2D eigenvalue weighted by molar-refractivity contribution is 9.10. The number of unbranched alkanes of at least 4 members (excludes halogenated alkanes) is 1. The van der Waals surface area contributed by atoms with Crippen molar-refractivity contribution in [3.05, 3.63) is 0 Å². The first-order valence-corrected chi connectivity index (χ1v) is 8.03. The van der Waals surface area contributed by atoms with Crippen LogP contribution in [0.4, 0.5) is 0 Å². The van der Waals surface area contributed by atoms with E-state index < -0.39 is 10.3 Å². The Bertz CT molecular complexity index is 207. The third kappa shape index (κ3) is 6.62. The second kappa shape index (κ2) is 8.22. The lowest BCUT2D eigenvalue weighted by Crippen LogP contribution is -2.27. The summed E-state index contributed by atoms with van der Waals surface area (Å²) >= 11 is 3.22. The zero-order chi connectivity index (χ0) is 12.6. The van der Waals surface area contributed by atoms with Gasteiger partial charge in [0.1, 0.15) is 10.2 Å². The molecule has 0 fully saturated rings. The van der Waals surface area contributed by atoms with Gasteiger partial charge in [-0.2, -0.15) is 0 Å². The molecule has 0 bridgehead atoms. The van der Waals surface area contributed by atoms with Crippen LogP contribution in [-0.4, -0.2) is 45.1 Å². The Hall–Kier alpha value is 0.0869. The normalized spacial score (nSPS) is 15.8. The average Bonchev–Trinajstić information content (AvgIpc) is 2.23. The Labute approximate surface area is 108 Å². The third-order valence-electron chi connectivity index (χ3n) is 2.56. The molecule has 1 N–H and O–H groups in total. The number of carboxylic acid groups (broad SMARTS) is 1. The minimum absolute atomic E-state index is 0.00479. The number of halogens is 1. The van der Waals surface area contributed by atoms with Gasteiger partial charge < -0.3 is 14.6 Å². The third-order valence-corrected chi connectivity index (χ3v) is 5.34. The number of hydrogen-bond donors (Lipinski definition) is 1. The fraction of sp³-hybridized carbons (Fsp3) is 0.900. The summed E-state index contributed by atoms with van der Waals surface area (Å²) in [6.07, 6.45) is 2.62. The van der Waals surface area contributed by atoms with E-state index in [4.69, 9.17) is 14.6 Å². The van der Waals surface area contributed by atoms with Crippen molar-refractivity contribution in [2.45, 2.75) is 42.5 Å². The van der Waals surface area contributed by atoms with Crippen LogP contribution in [0.1, 0.15) is 26.2 Å². The highest BCUT2D eigenvalue weighted by atomic mass is 79.9. The summed E-state index contributed by atoms with van der Waals surface area (Å²) in [6.45, 7) is 1.69. The molecule has 16 heavy (non-hydrogen) atoms. The smallest absolute Gasteiger partial charge is 0.320 e. The van der Waals surface area contributed by atoms with Gasteiger partial charge in [-0.1, -0.05) is 34.8 Å². The summed E-state index contributed by atoms with van der Waals surface area (Å²) in [6, 6.07) is 1.12. The minimum atomic E-state index is -0.795. The maximum Gasteiger partial charge on any atom is 0.320 e. The SMILES string of the molecule is COC(OC)[SiH2]CCCCC(C)(Br)C(=O)O. The Morgan fingerprint density at radius 3 is 2.44 bits per heavy atom. The second-order valence-electron chi connectivity index (χ2n) is 4.00. The Morgan fingerprint density at radius 2 is 2.00 bits per heavy atom. The first-order valence-electron chi connectivity index (χ1n) is 5.42. The van der Waals surface area contributed by atoms with Crippen molar-refractivity contribution in [3.63, 3.8) is 0 Å². The molecule has 0 saturated carbocycles. The second-order valence-corrected chi connectivity index (χ2v) is 7.70. The van der Waals surface area contributed by atoms with Crippen LogP contribution in [0.3, 0.4) is 0 Å². The number of alkyl halides is 1. The fourth-order valence-corrected chi connectivity index (χ4v) is 3.11. The molecule has 0 aliphatic carbocycles. The van der Waals surface area contributed by atoms with Crippen molar-refractivity contribution in [2.24, 2.45) is 0 Å². The van der Waals surface area contributed by atoms with E-state index in [9.17, 15) is 4.79 Å². The van der Waals surface area contributed by atoms with Crippen molar-refractivity contribution in [1.82, 2.24) is 0 Å². The van der Waals surface area contributed by atoms with E-state index in [-0.39, 0.29) is 15.4 Å². The Kier molecular flexibility index (Phi) is 8.26. The van der Waals surface area contributed by atoms with Crippen molar-refractivity contribution >= 4 is 31.4 Å². The van der Waals surface area contributed by atoms with Crippen LogP contribution in [0.25, 0.3) is 0 Å². The number of carboxylic acids is 1. The molecule has 0 aliphatic rings. The molecular weight excluding hydrogens is 292 g/mol. The van der Waals surface area contributed by atoms with Gasteiger partial charge in [0, 0.05) is 14.2 Å².